The molecule has 3 nitrogen and oxygen atoms in total. The van der Waals surface area contributed by atoms with Crippen LogP contribution in [0.1, 0.15) is 18.4 Å². The molecular formula is C14H21NO2S. The number of thioether (sulfide) groups is 1. The van der Waals surface area contributed by atoms with Crippen LogP contribution in [0.25, 0.3) is 0 Å². The summed E-state index contributed by atoms with van der Waals surface area (Å²) in [5, 5.41) is 3.53. The van der Waals surface area contributed by atoms with Crippen molar-refractivity contribution >= 4 is 11.8 Å². The molecule has 0 atom stereocenters. The molecule has 1 aliphatic rings. The van der Waals surface area contributed by atoms with Crippen molar-refractivity contribution in [2.45, 2.75) is 24.1 Å². The van der Waals surface area contributed by atoms with Crippen LogP contribution in [0.5, 0.6) is 11.5 Å². The third-order valence-electron chi connectivity index (χ3n) is 3.43. The molecule has 0 radical (unpaired) electrons. The first-order chi connectivity index (χ1) is 8.71. The lowest BCUT2D eigenvalue weighted by Crippen LogP contribution is -2.25. The minimum atomic E-state index is 0.503. The molecule has 18 heavy (non-hydrogen) atoms. The van der Waals surface area contributed by atoms with Crippen molar-refractivity contribution in [3.63, 3.8) is 0 Å². The first-order valence-electron chi connectivity index (χ1n) is 6.19. The SMILES string of the molecule is COc1cc(CNCC2(SC)CC2)cc(OC)c1. The standard InChI is InChI=1S/C14H21NO2S/c1-16-12-6-11(7-13(8-12)17-2)9-15-10-14(18-3)4-5-14/h6-8,15H,4-5,9-10H2,1-3H3. The zero-order valence-electron chi connectivity index (χ0n) is 11.3. The molecule has 0 unspecified atom stereocenters. The Labute approximate surface area is 113 Å². The molecule has 0 bridgehead atoms. The van der Waals surface area contributed by atoms with Crippen molar-refractivity contribution in [1.29, 1.82) is 0 Å². The summed E-state index contributed by atoms with van der Waals surface area (Å²) < 4.78 is 11.0. The van der Waals surface area contributed by atoms with Crippen LogP contribution in [0.3, 0.4) is 0 Å². The number of nitrogens with one attached hydrogen (secondary N) is 1. The predicted octanol–water partition coefficient (Wildman–Crippen LogP) is 2.69. The zero-order chi connectivity index (χ0) is 13.0. The maximum Gasteiger partial charge on any atom is 0.122 e. The van der Waals surface area contributed by atoms with Gasteiger partial charge >= 0.3 is 0 Å². The smallest absolute Gasteiger partial charge is 0.122 e. The maximum atomic E-state index is 5.27. The summed E-state index contributed by atoms with van der Waals surface area (Å²) in [6.45, 7) is 1.93. The fourth-order valence-electron chi connectivity index (χ4n) is 2.00. The van der Waals surface area contributed by atoms with E-state index in [0.29, 0.717) is 4.75 Å². The first kappa shape index (κ1) is 13.6. The number of rotatable bonds is 7. The lowest BCUT2D eigenvalue weighted by molar-refractivity contribution is 0.393. The lowest BCUT2D eigenvalue weighted by Gasteiger charge is -2.14. The Morgan fingerprint density at radius 2 is 1.78 bits per heavy atom. The lowest BCUT2D eigenvalue weighted by atomic mass is 10.2. The van der Waals surface area contributed by atoms with E-state index in [9.17, 15) is 0 Å². The van der Waals surface area contributed by atoms with Gasteiger partial charge in [0.1, 0.15) is 11.5 Å². The van der Waals surface area contributed by atoms with Gasteiger partial charge in [-0.2, -0.15) is 11.8 Å². The summed E-state index contributed by atoms with van der Waals surface area (Å²) >= 11 is 1.98. The fourth-order valence-corrected chi connectivity index (χ4v) is 2.75. The normalized spacial score (nSPS) is 16.4. The second kappa shape index (κ2) is 5.85. The summed E-state index contributed by atoms with van der Waals surface area (Å²) in [4.78, 5) is 0. The summed E-state index contributed by atoms with van der Waals surface area (Å²) in [5.41, 5.74) is 1.20. The van der Waals surface area contributed by atoms with Gasteiger partial charge in [0.2, 0.25) is 0 Å². The van der Waals surface area contributed by atoms with Gasteiger partial charge in [0.25, 0.3) is 0 Å². The summed E-state index contributed by atoms with van der Waals surface area (Å²) in [7, 11) is 3.36. The Hall–Kier alpha value is -0.870. The van der Waals surface area contributed by atoms with Crippen LogP contribution in [-0.2, 0) is 6.54 Å². The minimum absolute atomic E-state index is 0.503. The van der Waals surface area contributed by atoms with E-state index in [1.165, 1.54) is 18.4 Å². The molecule has 1 aromatic carbocycles. The largest absolute Gasteiger partial charge is 0.497 e. The zero-order valence-corrected chi connectivity index (χ0v) is 12.1. The molecule has 1 N–H and O–H groups in total. The van der Waals surface area contributed by atoms with Crippen LogP contribution in [0, 0.1) is 0 Å². The van der Waals surface area contributed by atoms with Gasteiger partial charge in [0.05, 0.1) is 14.2 Å². The Balaban J connectivity index is 1.92. The highest BCUT2D eigenvalue weighted by atomic mass is 32.2. The van der Waals surface area contributed by atoms with Gasteiger partial charge in [-0.1, -0.05) is 0 Å². The average Bonchev–Trinajstić information content (AvgIpc) is 3.19. The van der Waals surface area contributed by atoms with Crippen molar-refractivity contribution in [1.82, 2.24) is 5.32 Å². The van der Waals surface area contributed by atoms with Gasteiger partial charge in [0.15, 0.2) is 0 Å². The van der Waals surface area contributed by atoms with Gasteiger partial charge in [-0.25, -0.2) is 0 Å². The number of ether oxygens (including phenoxy) is 2. The van der Waals surface area contributed by atoms with E-state index in [0.717, 1.165) is 24.6 Å². The van der Waals surface area contributed by atoms with Crippen LogP contribution < -0.4 is 14.8 Å². The molecule has 0 aliphatic heterocycles. The molecule has 0 amide bonds. The molecule has 4 heteroatoms. The molecule has 100 valence electrons. The van der Waals surface area contributed by atoms with Gasteiger partial charge in [0, 0.05) is 23.9 Å². The first-order valence-corrected chi connectivity index (χ1v) is 7.42. The molecular weight excluding hydrogens is 246 g/mol. The van der Waals surface area contributed by atoms with E-state index in [4.69, 9.17) is 9.47 Å². The third-order valence-corrected chi connectivity index (χ3v) is 4.85. The summed E-state index contributed by atoms with van der Waals surface area (Å²) in [5.74, 6) is 1.69. The monoisotopic (exact) mass is 267 g/mol. The summed E-state index contributed by atoms with van der Waals surface area (Å²) in [6.07, 6.45) is 4.87. The summed E-state index contributed by atoms with van der Waals surface area (Å²) in [6, 6.07) is 6.00. The van der Waals surface area contributed by atoms with Crippen LogP contribution in [0.4, 0.5) is 0 Å². The Morgan fingerprint density at radius 3 is 2.22 bits per heavy atom. The molecule has 1 saturated carbocycles. The number of benzene rings is 1. The van der Waals surface area contributed by atoms with Crippen molar-refractivity contribution in [2.24, 2.45) is 0 Å². The number of hydrogen-bond donors (Lipinski definition) is 1. The number of methoxy groups -OCH3 is 2. The highest BCUT2D eigenvalue weighted by Crippen LogP contribution is 2.46. The molecule has 2 rings (SSSR count). The predicted molar refractivity (Wildman–Crippen MR) is 76.7 cm³/mol. The quantitative estimate of drug-likeness (QED) is 0.823. The van der Waals surface area contributed by atoms with Crippen molar-refractivity contribution in [3.8, 4) is 11.5 Å². The molecule has 1 aromatic rings. The molecule has 0 saturated heterocycles. The van der Waals surface area contributed by atoms with Crippen molar-refractivity contribution in [2.75, 3.05) is 27.0 Å². The molecule has 0 heterocycles. The second-order valence-corrected chi connectivity index (χ2v) is 5.99. The topological polar surface area (TPSA) is 30.5 Å². The van der Waals surface area contributed by atoms with Crippen LogP contribution in [0.15, 0.2) is 18.2 Å². The van der Waals surface area contributed by atoms with E-state index in [1.807, 2.05) is 30.0 Å². The third kappa shape index (κ3) is 3.33. The van der Waals surface area contributed by atoms with E-state index >= 15 is 0 Å². The van der Waals surface area contributed by atoms with E-state index in [-0.39, 0.29) is 0 Å². The second-order valence-electron chi connectivity index (χ2n) is 4.71. The molecule has 1 fully saturated rings. The van der Waals surface area contributed by atoms with E-state index in [2.05, 4.69) is 11.6 Å². The van der Waals surface area contributed by atoms with E-state index < -0.39 is 0 Å². The number of hydrogen-bond acceptors (Lipinski definition) is 4. The maximum absolute atomic E-state index is 5.27. The van der Waals surface area contributed by atoms with Crippen molar-refractivity contribution < 1.29 is 9.47 Å². The highest BCUT2D eigenvalue weighted by molar-refractivity contribution is 8.00. The van der Waals surface area contributed by atoms with Crippen LogP contribution >= 0.6 is 11.8 Å². The van der Waals surface area contributed by atoms with Gasteiger partial charge in [-0.05, 0) is 36.8 Å². The van der Waals surface area contributed by atoms with Crippen LogP contribution in [-0.4, -0.2) is 31.8 Å². The fraction of sp³-hybridized carbons (Fsp3) is 0.571. The molecule has 0 aromatic heterocycles. The average molecular weight is 267 g/mol. The van der Waals surface area contributed by atoms with Gasteiger partial charge < -0.3 is 14.8 Å². The van der Waals surface area contributed by atoms with Gasteiger partial charge in [-0.15, -0.1) is 0 Å². The Kier molecular flexibility index (Phi) is 4.40. The minimum Gasteiger partial charge on any atom is -0.497 e. The van der Waals surface area contributed by atoms with Crippen molar-refractivity contribution in [3.05, 3.63) is 23.8 Å². The Morgan fingerprint density at radius 1 is 1.17 bits per heavy atom. The van der Waals surface area contributed by atoms with Crippen LogP contribution in [0.2, 0.25) is 0 Å². The van der Waals surface area contributed by atoms with E-state index in [1.54, 1.807) is 14.2 Å². The van der Waals surface area contributed by atoms with Gasteiger partial charge in [-0.3, -0.25) is 0 Å². The molecule has 1 aliphatic carbocycles. The molecule has 0 spiro atoms. The Bertz CT molecular complexity index is 383. The highest BCUT2D eigenvalue weighted by Gasteiger charge is 2.41.